The normalized spacial score (nSPS) is 13.9. The van der Waals surface area contributed by atoms with E-state index < -0.39 is 0 Å². The lowest BCUT2D eigenvalue weighted by atomic mass is 9.96. The summed E-state index contributed by atoms with van der Waals surface area (Å²) >= 11 is 0. The molecule has 2 aromatic rings. The van der Waals surface area contributed by atoms with Crippen LogP contribution in [0.5, 0.6) is 0 Å². The Kier molecular flexibility index (Phi) is 2.82. The number of hydrogen-bond acceptors (Lipinski definition) is 1. The van der Waals surface area contributed by atoms with E-state index in [2.05, 4.69) is 5.32 Å². The highest BCUT2D eigenvalue weighted by atomic mass is 19.1. The van der Waals surface area contributed by atoms with Crippen molar-refractivity contribution in [2.75, 3.05) is 5.32 Å². The maximum atomic E-state index is 14.0. The Morgan fingerprint density at radius 2 is 1.95 bits per heavy atom. The molecule has 0 aromatic heterocycles. The van der Waals surface area contributed by atoms with Crippen LogP contribution in [0.4, 0.5) is 10.1 Å². The molecule has 3 heteroatoms. The third kappa shape index (κ3) is 2.24. The molecule has 0 unspecified atom stereocenters. The Morgan fingerprint density at radius 3 is 2.74 bits per heavy atom. The Morgan fingerprint density at radius 1 is 1.11 bits per heavy atom. The van der Waals surface area contributed by atoms with Gasteiger partial charge in [0.15, 0.2) is 0 Å². The van der Waals surface area contributed by atoms with Crippen molar-refractivity contribution in [3.05, 3.63) is 53.3 Å². The van der Waals surface area contributed by atoms with Crippen molar-refractivity contribution in [3.63, 3.8) is 0 Å². The lowest BCUT2D eigenvalue weighted by Gasteiger charge is -2.17. The van der Waals surface area contributed by atoms with E-state index in [1.807, 2.05) is 31.2 Å². The summed E-state index contributed by atoms with van der Waals surface area (Å²) in [6.45, 7) is 1.87. The van der Waals surface area contributed by atoms with E-state index in [9.17, 15) is 9.18 Å². The van der Waals surface area contributed by atoms with Gasteiger partial charge < -0.3 is 5.32 Å². The average Bonchev–Trinajstić information content (AvgIpc) is 2.38. The van der Waals surface area contributed by atoms with Gasteiger partial charge in [0.05, 0.1) is 0 Å². The number of benzene rings is 2. The molecule has 1 aliphatic rings. The molecule has 19 heavy (non-hydrogen) atoms. The smallest absolute Gasteiger partial charge is 0.224 e. The molecular weight excluding hydrogens is 241 g/mol. The third-order valence-corrected chi connectivity index (χ3v) is 3.44. The summed E-state index contributed by atoms with van der Waals surface area (Å²) in [5.74, 6) is -0.165. The predicted molar refractivity (Wildman–Crippen MR) is 73.5 cm³/mol. The molecule has 0 aliphatic carbocycles. The van der Waals surface area contributed by atoms with Crippen LogP contribution >= 0.6 is 0 Å². The molecule has 96 valence electrons. The van der Waals surface area contributed by atoms with Crippen molar-refractivity contribution in [1.82, 2.24) is 0 Å². The second-order valence-electron chi connectivity index (χ2n) is 4.90. The molecule has 1 heterocycles. The third-order valence-electron chi connectivity index (χ3n) is 3.44. The van der Waals surface area contributed by atoms with Gasteiger partial charge in [-0.2, -0.15) is 0 Å². The van der Waals surface area contributed by atoms with E-state index in [0.29, 0.717) is 18.4 Å². The average molecular weight is 255 g/mol. The number of halogens is 1. The summed E-state index contributed by atoms with van der Waals surface area (Å²) in [6, 6.07) is 10.9. The van der Waals surface area contributed by atoms with Crippen LogP contribution in [0.15, 0.2) is 36.4 Å². The van der Waals surface area contributed by atoms with E-state index in [1.54, 1.807) is 6.07 Å². The van der Waals surface area contributed by atoms with Gasteiger partial charge in [-0.05, 0) is 48.2 Å². The second kappa shape index (κ2) is 4.50. The molecule has 1 aliphatic heterocycles. The van der Waals surface area contributed by atoms with Gasteiger partial charge in [0.1, 0.15) is 5.82 Å². The lowest BCUT2D eigenvalue weighted by Crippen LogP contribution is -2.18. The molecule has 2 nitrogen and oxygen atoms in total. The van der Waals surface area contributed by atoms with Crippen molar-refractivity contribution in [2.45, 2.75) is 19.8 Å². The van der Waals surface area contributed by atoms with Crippen LogP contribution in [0.1, 0.15) is 17.5 Å². The zero-order valence-electron chi connectivity index (χ0n) is 10.7. The number of nitrogens with one attached hydrogen (secondary N) is 1. The summed E-state index contributed by atoms with van der Waals surface area (Å²) in [6.07, 6.45) is 1.20. The molecule has 0 spiro atoms. The standard InChI is InChI=1S/C16H14FNO/c1-10-2-5-13(14(17)8-10)11-3-6-15-12(9-11)4-7-16(19)18-15/h2-3,5-6,8-9H,4,7H2,1H3,(H,18,19). The van der Waals surface area contributed by atoms with Gasteiger partial charge in [-0.1, -0.05) is 18.2 Å². The maximum Gasteiger partial charge on any atom is 0.224 e. The number of fused-ring (bicyclic) bond motifs is 1. The number of anilines is 1. The van der Waals surface area contributed by atoms with E-state index in [-0.39, 0.29) is 11.7 Å². The fourth-order valence-corrected chi connectivity index (χ4v) is 2.41. The fraction of sp³-hybridized carbons (Fsp3) is 0.188. The van der Waals surface area contributed by atoms with Crippen molar-refractivity contribution in [3.8, 4) is 11.1 Å². The molecule has 0 bridgehead atoms. The van der Waals surface area contributed by atoms with E-state index in [1.165, 1.54) is 6.07 Å². The van der Waals surface area contributed by atoms with Crippen molar-refractivity contribution < 1.29 is 9.18 Å². The summed E-state index contributed by atoms with van der Waals surface area (Å²) in [4.78, 5) is 11.3. The van der Waals surface area contributed by atoms with Gasteiger partial charge in [-0.3, -0.25) is 4.79 Å². The number of carbonyl (C=O) groups is 1. The first kappa shape index (κ1) is 11.9. The highest BCUT2D eigenvalue weighted by molar-refractivity contribution is 5.94. The van der Waals surface area contributed by atoms with Gasteiger partial charge in [-0.25, -0.2) is 4.39 Å². The first-order valence-corrected chi connectivity index (χ1v) is 6.33. The van der Waals surface area contributed by atoms with Crippen LogP contribution in [0, 0.1) is 12.7 Å². The Bertz CT molecular complexity index is 664. The van der Waals surface area contributed by atoms with Gasteiger partial charge in [0.2, 0.25) is 5.91 Å². The van der Waals surface area contributed by atoms with Gasteiger partial charge in [-0.15, -0.1) is 0 Å². The zero-order valence-corrected chi connectivity index (χ0v) is 10.7. The topological polar surface area (TPSA) is 29.1 Å². The van der Waals surface area contributed by atoms with Crippen molar-refractivity contribution in [1.29, 1.82) is 0 Å². The van der Waals surface area contributed by atoms with E-state index in [0.717, 1.165) is 22.4 Å². The summed E-state index contributed by atoms with van der Waals surface area (Å²) in [5, 5.41) is 2.83. The molecule has 1 N–H and O–H groups in total. The second-order valence-corrected chi connectivity index (χ2v) is 4.90. The van der Waals surface area contributed by atoms with Crippen LogP contribution in [0.2, 0.25) is 0 Å². The number of carbonyl (C=O) groups excluding carboxylic acids is 1. The highest BCUT2D eigenvalue weighted by Crippen LogP contribution is 2.30. The molecule has 2 aromatic carbocycles. The Balaban J connectivity index is 2.04. The SMILES string of the molecule is Cc1ccc(-c2ccc3c(c2)CCC(=O)N3)c(F)c1. The van der Waals surface area contributed by atoms with Gasteiger partial charge >= 0.3 is 0 Å². The molecule has 3 rings (SSSR count). The van der Waals surface area contributed by atoms with Crippen molar-refractivity contribution >= 4 is 11.6 Å². The largest absolute Gasteiger partial charge is 0.326 e. The molecule has 0 saturated heterocycles. The lowest BCUT2D eigenvalue weighted by molar-refractivity contribution is -0.116. The minimum absolute atomic E-state index is 0.0433. The maximum absolute atomic E-state index is 14.0. The van der Waals surface area contributed by atoms with Crippen molar-refractivity contribution in [2.24, 2.45) is 0 Å². The number of hydrogen-bond donors (Lipinski definition) is 1. The van der Waals surface area contributed by atoms with Crippen LogP contribution in [0.25, 0.3) is 11.1 Å². The van der Waals surface area contributed by atoms with Crippen LogP contribution in [0.3, 0.4) is 0 Å². The van der Waals surface area contributed by atoms with E-state index >= 15 is 0 Å². The van der Waals surface area contributed by atoms with E-state index in [4.69, 9.17) is 0 Å². The number of rotatable bonds is 1. The Labute approximate surface area is 111 Å². The molecule has 0 fully saturated rings. The predicted octanol–water partition coefficient (Wildman–Crippen LogP) is 3.69. The first-order valence-electron chi connectivity index (χ1n) is 6.33. The zero-order chi connectivity index (χ0) is 13.4. The minimum Gasteiger partial charge on any atom is -0.326 e. The van der Waals surface area contributed by atoms with Crippen LogP contribution < -0.4 is 5.32 Å². The summed E-state index contributed by atoms with van der Waals surface area (Å²) in [5.41, 5.74) is 4.27. The molecule has 0 radical (unpaired) electrons. The first-order chi connectivity index (χ1) is 9.13. The quantitative estimate of drug-likeness (QED) is 0.827. The van der Waals surface area contributed by atoms with Crippen LogP contribution in [-0.2, 0) is 11.2 Å². The number of amides is 1. The summed E-state index contributed by atoms with van der Waals surface area (Å²) < 4.78 is 14.0. The molecule has 0 atom stereocenters. The summed E-state index contributed by atoms with van der Waals surface area (Å²) in [7, 11) is 0. The van der Waals surface area contributed by atoms with Gasteiger partial charge in [0.25, 0.3) is 0 Å². The molecule has 1 amide bonds. The molecule has 0 saturated carbocycles. The molecular formula is C16H14FNO. The highest BCUT2D eigenvalue weighted by Gasteiger charge is 2.15. The monoisotopic (exact) mass is 255 g/mol. The van der Waals surface area contributed by atoms with Crippen LogP contribution in [-0.4, -0.2) is 5.91 Å². The minimum atomic E-state index is -0.209. The number of aryl methyl sites for hydroxylation is 2. The Hall–Kier alpha value is -2.16. The van der Waals surface area contributed by atoms with Gasteiger partial charge in [0, 0.05) is 17.7 Å². The fourth-order valence-electron chi connectivity index (χ4n) is 2.41.